The molecule has 2 aliphatic heterocycles. The second-order valence-corrected chi connectivity index (χ2v) is 16.7. The summed E-state index contributed by atoms with van der Waals surface area (Å²) in [5, 5.41) is 0. The van der Waals surface area contributed by atoms with E-state index in [1.165, 1.54) is 0 Å². The van der Waals surface area contributed by atoms with Crippen LogP contribution >= 0.6 is 23.5 Å². The van der Waals surface area contributed by atoms with Gasteiger partial charge in [-0.25, -0.2) is 9.97 Å². The molecule has 8 rings (SSSR count). The van der Waals surface area contributed by atoms with Gasteiger partial charge in [0.05, 0.1) is 47.6 Å². The number of H-pyrrole nitrogens is 2. The fourth-order valence-corrected chi connectivity index (χ4v) is 10.0. The monoisotopic (exact) mass is 812 g/mol. The summed E-state index contributed by atoms with van der Waals surface area (Å²) >= 11 is 3.51. The molecule has 2 aliphatic rings. The first-order valence-electron chi connectivity index (χ1n) is 19.8. The Morgan fingerprint density at radius 2 is 0.914 bits per heavy atom. The Morgan fingerprint density at radius 3 is 1.26 bits per heavy atom. The van der Waals surface area contributed by atoms with E-state index in [-0.39, 0.29) is 36.0 Å². The van der Waals surface area contributed by atoms with E-state index in [0.717, 1.165) is 67.9 Å². The SMILES string of the molecule is CC.CN(C)[C@@H](C(=O)N1CSC[C@H]1c1ncc(-c2ccc(-c3ccc(-c4cnc([C@@H]5CSCN5C(=O)[C@@H](c5ccccc5)N(C)C)[nH]4)cc3)cc2)[nH]1)c1ccccc1. The molecule has 0 radical (unpaired) electrons. The molecule has 2 fully saturated rings. The van der Waals surface area contributed by atoms with Crippen molar-refractivity contribution in [3.05, 3.63) is 144 Å². The van der Waals surface area contributed by atoms with E-state index in [4.69, 9.17) is 9.97 Å². The lowest BCUT2D eigenvalue weighted by Gasteiger charge is -2.31. The molecule has 0 aliphatic carbocycles. The molecular weight excluding hydrogens is 761 g/mol. The second kappa shape index (κ2) is 18.6. The first-order valence-corrected chi connectivity index (χ1v) is 22.1. The fraction of sp³-hybridized carbons (Fsp3) is 0.304. The van der Waals surface area contributed by atoms with E-state index < -0.39 is 0 Å². The predicted molar refractivity (Wildman–Crippen MR) is 238 cm³/mol. The Morgan fingerprint density at radius 1 is 0.569 bits per heavy atom. The lowest BCUT2D eigenvalue weighted by atomic mass is 10.0. The Kier molecular flexibility index (Phi) is 13.2. The molecule has 58 heavy (non-hydrogen) atoms. The molecule has 0 unspecified atom stereocenters. The Balaban J connectivity index is 0.00000252. The largest absolute Gasteiger partial charge is 0.340 e. The molecule has 10 nitrogen and oxygen atoms in total. The van der Waals surface area contributed by atoms with Crippen LogP contribution in [0.4, 0.5) is 0 Å². The minimum atomic E-state index is -0.355. The molecule has 12 heteroatoms. The van der Waals surface area contributed by atoms with Gasteiger partial charge in [-0.1, -0.05) is 123 Å². The molecule has 0 saturated carbocycles. The standard InChI is InChI=1S/C44H46N8O2S2.C2H6/c1-49(2)39(33-11-7-5-8-12-33)43(53)51-27-55-25-37(51)41-45-23-35(47-41)31-19-15-29(16-20-31)30-17-21-32(22-18-30)36-24-46-42(48-36)38-26-56-28-52(38)44(54)40(50(3)4)34-13-9-6-10-14-34;1-2/h5-24,37-40H,25-28H2,1-4H3,(H,45,47)(H,46,48);1-2H3/t37-,38-,39+,40+;/m0./s1. The summed E-state index contributed by atoms with van der Waals surface area (Å²) in [4.78, 5) is 52.3. The molecule has 2 aromatic heterocycles. The molecule has 2 saturated heterocycles. The summed E-state index contributed by atoms with van der Waals surface area (Å²) in [6.45, 7) is 4.00. The van der Waals surface area contributed by atoms with Crippen molar-refractivity contribution in [1.29, 1.82) is 0 Å². The first kappa shape index (κ1) is 41.0. The highest BCUT2D eigenvalue weighted by molar-refractivity contribution is 7.99. The van der Waals surface area contributed by atoms with Gasteiger partial charge in [-0.15, -0.1) is 23.5 Å². The van der Waals surface area contributed by atoms with Crippen LogP contribution in [0, 0.1) is 0 Å². The number of benzene rings is 4. The molecule has 4 heterocycles. The van der Waals surface area contributed by atoms with Gasteiger partial charge in [0.1, 0.15) is 23.7 Å². The quantitative estimate of drug-likeness (QED) is 0.134. The summed E-state index contributed by atoms with van der Waals surface area (Å²) in [7, 11) is 7.81. The van der Waals surface area contributed by atoms with Crippen LogP contribution in [0.25, 0.3) is 33.6 Å². The van der Waals surface area contributed by atoms with Crippen molar-refractivity contribution in [3.63, 3.8) is 0 Å². The minimum absolute atomic E-state index is 0.0846. The second-order valence-electron chi connectivity index (χ2n) is 14.7. The topological polar surface area (TPSA) is 104 Å². The van der Waals surface area contributed by atoms with Crippen LogP contribution in [0.5, 0.6) is 0 Å². The van der Waals surface area contributed by atoms with Crippen molar-refractivity contribution < 1.29 is 9.59 Å². The third-order valence-corrected chi connectivity index (χ3v) is 12.6. The molecular formula is C46H52N8O2S2. The number of imidazole rings is 2. The summed E-state index contributed by atoms with van der Waals surface area (Å²) < 4.78 is 0. The number of rotatable bonds is 11. The molecule has 4 atom stereocenters. The van der Waals surface area contributed by atoms with E-state index in [2.05, 4.69) is 58.5 Å². The number of carbonyl (C=O) groups is 2. The Bertz CT molecular complexity index is 2100. The van der Waals surface area contributed by atoms with Gasteiger partial charge in [0, 0.05) is 11.5 Å². The number of carbonyl (C=O) groups excluding carboxylic acids is 2. The van der Waals surface area contributed by atoms with E-state index in [1.54, 1.807) is 23.5 Å². The van der Waals surface area contributed by atoms with Crippen molar-refractivity contribution >= 4 is 35.3 Å². The van der Waals surface area contributed by atoms with Gasteiger partial charge in [-0.05, 0) is 61.6 Å². The molecule has 0 bridgehead atoms. The summed E-state index contributed by atoms with van der Waals surface area (Å²) in [5.74, 6) is 4.65. The number of aromatic amines is 2. The molecule has 6 aromatic rings. The third-order valence-electron chi connectivity index (χ3n) is 10.6. The highest BCUT2D eigenvalue weighted by Gasteiger charge is 2.39. The molecule has 2 N–H and O–H groups in total. The smallest absolute Gasteiger partial charge is 0.245 e. The minimum Gasteiger partial charge on any atom is -0.340 e. The highest BCUT2D eigenvalue weighted by atomic mass is 32.2. The fourth-order valence-electron chi connectivity index (χ4n) is 7.67. The number of thioether (sulfide) groups is 2. The van der Waals surface area contributed by atoms with Gasteiger partial charge >= 0.3 is 0 Å². The maximum atomic E-state index is 13.9. The summed E-state index contributed by atoms with van der Waals surface area (Å²) in [6, 6.07) is 35.9. The van der Waals surface area contributed by atoms with Crippen LogP contribution in [0.2, 0.25) is 0 Å². The number of amides is 2. The number of hydrogen-bond donors (Lipinski definition) is 2. The summed E-state index contributed by atoms with van der Waals surface area (Å²) in [6.07, 6.45) is 3.74. The Hall–Kier alpha value is -5.14. The van der Waals surface area contributed by atoms with Gasteiger partial charge in [0.15, 0.2) is 0 Å². The zero-order chi connectivity index (χ0) is 40.8. The van der Waals surface area contributed by atoms with Crippen LogP contribution in [0.1, 0.15) is 60.8 Å². The molecule has 4 aromatic carbocycles. The van der Waals surface area contributed by atoms with Crippen molar-refractivity contribution in [2.24, 2.45) is 0 Å². The van der Waals surface area contributed by atoms with Gasteiger partial charge in [-0.2, -0.15) is 0 Å². The zero-order valence-corrected chi connectivity index (χ0v) is 35.6. The van der Waals surface area contributed by atoms with E-state index in [9.17, 15) is 9.59 Å². The van der Waals surface area contributed by atoms with Gasteiger partial charge < -0.3 is 19.8 Å². The number of hydrogen-bond acceptors (Lipinski definition) is 8. The van der Waals surface area contributed by atoms with E-state index >= 15 is 0 Å². The highest BCUT2D eigenvalue weighted by Crippen LogP contribution is 2.38. The molecule has 2 amide bonds. The van der Waals surface area contributed by atoms with Crippen molar-refractivity contribution in [2.75, 3.05) is 51.4 Å². The van der Waals surface area contributed by atoms with Crippen LogP contribution < -0.4 is 0 Å². The van der Waals surface area contributed by atoms with Gasteiger partial charge in [0.25, 0.3) is 0 Å². The third kappa shape index (κ3) is 8.66. The zero-order valence-electron chi connectivity index (χ0n) is 34.0. The Labute approximate surface area is 350 Å². The van der Waals surface area contributed by atoms with E-state index in [1.807, 2.05) is 135 Å². The predicted octanol–water partition coefficient (Wildman–Crippen LogP) is 8.91. The van der Waals surface area contributed by atoms with Crippen molar-refractivity contribution in [1.82, 2.24) is 39.5 Å². The van der Waals surface area contributed by atoms with Crippen LogP contribution in [0.3, 0.4) is 0 Å². The lowest BCUT2D eigenvalue weighted by molar-refractivity contribution is -0.137. The lowest BCUT2D eigenvalue weighted by Crippen LogP contribution is -2.40. The van der Waals surface area contributed by atoms with Crippen LogP contribution in [0.15, 0.2) is 122 Å². The van der Waals surface area contributed by atoms with Crippen LogP contribution in [-0.2, 0) is 9.59 Å². The molecule has 0 spiro atoms. The van der Waals surface area contributed by atoms with Gasteiger partial charge in [-0.3, -0.25) is 19.4 Å². The number of aromatic nitrogens is 4. The number of likely N-dealkylation sites (N-methyl/N-ethyl adjacent to an activating group) is 2. The van der Waals surface area contributed by atoms with E-state index in [0.29, 0.717) is 11.8 Å². The normalized spacial score (nSPS) is 17.7. The maximum Gasteiger partial charge on any atom is 0.245 e. The van der Waals surface area contributed by atoms with Crippen molar-refractivity contribution in [3.8, 4) is 33.6 Å². The summed E-state index contributed by atoms with van der Waals surface area (Å²) in [5.41, 5.74) is 8.10. The number of nitrogens with one attached hydrogen (secondary N) is 2. The average molecular weight is 813 g/mol. The van der Waals surface area contributed by atoms with Crippen molar-refractivity contribution in [2.45, 2.75) is 38.0 Å². The number of nitrogens with zero attached hydrogens (tertiary/aromatic N) is 6. The maximum absolute atomic E-state index is 13.9. The van der Waals surface area contributed by atoms with Crippen LogP contribution in [-0.4, -0.2) is 103 Å². The average Bonchev–Trinajstić information content (AvgIpc) is 4.10. The van der Waals surface area contributed by atoms with Gasteiger partial charge in [0.2, 0.25) is 11.8 Å². The first-order chi connectivity index (χ1) is 28.3. The molecule has 300 valence electrons.